The number of carbonyl (C=O) groups excluding carboxylic acids is 5. The molecule has 0 radical (unpaired) electrons. The molecule has 0 unspecified atom stereocenters. The Morgan fingerprint density at radius 2 is 1.43 bits per heavy atom. The normalized spacial score (nSPS) is 31.6. The van der Waals surface area contributed by atoms with Crippen LogP contribution in [-0.4, -0.2) is 265 Å². The number of anilines is 1. The Balaban J connectivity index is 0.536. The van der Waals surface area contributed by atoms with E-state index in [2.05, 4.69) is 40.7 Å². The van der Waals surface area contributed by atoms with Gasteiger partial charge in [0.1, 0.15) is 54.7 Å². The predicted molar refractivity (Wildman–Crippen MR) is 381 cm³/mol. The van der Waals surface area contributed by atoms with Gasteiger partial charge in [0.2, 0.25) is 0 Å². The maximum Gasteiger partial charge on any atom is 0.407 e. The largest absolute Gasteiger partial charge is 0.445 e. The number of carbonyl (C=O) groups is 5. The molecule has 2 N–H and O–H groups in total. The average Bonchev–Trinajstić information content (AvgIpc) is 1.55. The van der Waals surface area contributed by atoms with E-state index in [1.807, 2.05) is 6.07 Å². The van der Waals surface area contributed by atoms with E-state index in [1.54, 1.807) is 42.3 Å². The molecule has 1 spiro atoms. The van der Waals surface area contributed by atoms with Crippen molar-refractivity contribution in [2.24, 2.45) is 11.8 Å². The molecule has 14 rings (SSSR count). The van der Waals surface area contributed by atoms with Crippen LogP contribution >= 0.6 is 0 Å². The zero-order valence-electron chi connectivity index (χ0n) is 62.3. The van der Waals surface area contributed by atoms with Gasteiger partial charge in [-0.2, -0.15) is 13.7 Å². The summed E-state index contributed by atoms with van der Waals surface area (Å²) in [6.45, 7) is 13.6. The minimum absolute atomic E-state index is 0.00921. The number of aliphatic hydroxyl groups excluding tert-OH is 1. The molecule has 3 aromatic rings. The monoisotopic (exact) mass is 1560 g/mol. The number of amides is 3. The average molecular weight is 1560 g/mol. The van der Waals surface area contributed by atoms with E-state index in [-0.39, 0.29) is 201 Å². The number of nitriles is 1. The van der Waals surface area contributed by atoms with Crippen LogP contribution in [-0.2, 0) is 130 Å². The molecule has 11 saturated heterocycles. The number of ketones is 1. The number of nitrogens with zero attached hydrogens (tertiary/aromatic N) is 7. The molecule has 0 saturated carbocycles. The van der Waals surface area contributed by atoms with Crippen LogP contribution in [0.15, 0.2) is 78.1 Å². The first-order chi connectivity index (χ1) is 53.3. The van der Waals surface area contributed by atoms with Gasteiger partial charge in [0.25, 0.3) is 21.8 Å². The van der Waals surface area contributed by atoms with E-state index < -0.39 is 88.3 Å². The number of sulfonamides is 1. The molecule has 110 heavy (non-hydrogen) atoms. The lowest BCUT2D eigenvalue weighted by molar-refractivity contribution is -0.292. The third-order valence-corrected chi connectivity index (χ3v) is 23.8. The molecule has 12 bridgehead atoms. The number of hydroxylamine groups is 2. The van der Waals surface area contributed by atoms with Gasteiger partial charge in [0.05, 0.1) is 183 Å². The number of aromatic nitrogens is 4. The Kier molecular flexibility index (Phi) is 27.9. The van der Waals surface area contributed by atoms with Gasteiger partial charge < -0.3 is 91.1 Å². The number of aliphatic hydroxyl groups is 1. The molecule has 0 aliphatic carbocycles. The van der Waals surface area contributed by atoms with E-state index >= 15 is 0 Å². The highest BCUT2D eigenvalue weighted by Crippen LogP contribution is 2.55. The molecule has 602 valence electrons. The second kappa shape index (κ2) is 37.9. The quantitative estimate of drug-likeness (QED) is 0.0462. The molecule has 19 atom stereocenters. The fraction of sp³-hybridized carbons (Fsp3) is 0.697. The number of nitrogens with one attached hydrogen (secondary N) is 1. The highest BCUT2D eigenvalue weighted by atomic mass is 32.2. The Morgan fingerprint density at radius 3 is 2.17 bits per heavy atom. The molecule has 33 nitrogen and oxygen atoms in total. The van der Waals surface area contributed by atoms with E-state index in [0.717, 1.165) is 47.6 Å². The predicted octanol–water partition coefficient (Wildman–Crippen LogP) is 4.76. The van der Waals surface area contributed by atoms with Crippen LogP contribution in [0.5, 0.6) is 0 Å². The van der Waals surface area contributed by atoms with Gasteiger partial charge in [-0.1, -0.05) is 37.4 Å². The standard InChI is InChI=1S/C76H102N8O25S/c1-46-33-55-10-12-59-47(2)34-57(101-59)17-19-76-39-64-71(107-76)72-73(106-64)74(108-76)70-60(105-72)13-11-56(103-70)35-53(85)36-58-62(38-61(102-55)48(46)3)104-63(69(58)93-4)37-54(86)42-79-75(90)100-44-49-5-8-52(9-6-49)83(110(91,92)65-14-7-50(40-77)41-78-65)21-24-96-27-30-97-29-26-95-23-20-82-43-51(80-81-82)45-99-32-31-98-28-25-94-22-18-68(89)109-84-66(87)15-16-67(84)88/h5-9,14,41,43,46,54-64,69-74,86H,2-3,10-13,15-39,42,44-45H2,1,4H3,(H,79,90)/t46-,54+,55+,56-,57+,58+,59+,60+,61-,62+,63-,64-,69-,70+,71+,72+,73-,74+,76+/m1/s1. The van der Waals surface area contributed by atoms with Crippen LogP contribution in [0.3, 0.4) is 0 Å². The Bertz CT molecular complexity index is 3800. The van der Waals surface area contributed by atoms with Crippen LogP contribution in [0.2, 0.25) is 0 Å². The number of fused-ring (bicyclic) bond motifs is 6. The SMILES string of the molecule is C=C1C[C@@H]2CC[C@@]34C[C@H]5O[C@H]6[C@@H](O3)[C@H]3O[C@H](CC[C@@H]3O[C@H]6[C@H]5O4)CC(=O)C[C@@H]3[C@@H](OC)[C@@H](C[C@H](O)CNC(=O)OCc4ccc(N(CCOCCOCCOCCn5cc(COCCOCCOCCC(=O)ON6C(=O)CCC6=O)nn5)S(=O)(=O)c5ccc(C#N)cn5)cc4)O[C@H]3C[C@H]3O[C@@H](CC[C@@H]1O2)C[C@@H](C)C3=C. The van der Waals surface area contributed by atoms with Crippen molar-refractivity contribution in [1.82, 2.24) is 30.4 Å². The van der Waals surface area contributed by atoms with Gasteiger partial charge in [0.15, 0.2) is 10.8 Å². The van der Waals surface area contributed by atoms with Crippen molar-refractivity contribution in [3.63, 3.8) is 0 Å². The third kappa shape index (κ3) is 20.4. The molecular formula is C76H102N8O25S. The summed E-state index contributed by atoms with van der Waals surface area (Å²) < 4.78 is 131. The summed E-state index contributed by atoms with van der Waals surface area (Å²) in [5.41, 5.74) is 3.63. The van der Waals surface area contributed by atoms with Crippen molar-refractivity contribution >= 4 is 45.4 Å². The van der Waals surface area contributed by atoms with Crippen molar-refractivity contribution < 1.29 is 118 Å². The summed E-state index contributed by atoms with van der Waals surface area (Å²) in [7, 11) is -2.70. The first kappa shape index (κ1) is 81.2. The second-order valence-electron chi connectivity index (χ2n) is 29.8. The van der Waals surface area contributed by atoms with Gasteiger partial charge >= 0.3 is 12.1 Å². The van der Waals surface area contributed by atoms with Crippen molar-refractivity contribution in [2.75, 3.05) is 97.2 Å². The summed E-state index contributed by atoms with van der Waals surface area (Å²) in [5.74, 6) is -2.97. The molecule has 11 fully saturated rings. The number of ether oxygens (including phenoxy) is 16. The second-order valence-corrected chi connectivity index (χ2v) is 31.6. The molecule has 2 aromatic heterocycles. The number of imide groups is 1. The number of rotatable bonds is 34. The molecule has 11 aliphatic heterocycles. The summed E-state index contributed by atoms with van der Waals surface area (Å²) in [6, 6.07) is 10.9. The first-order valence-electron chi connectivity index (χ1n) is 38.5. The zero-order chi connectivity index (χ0) is 76.9. The molecule has 13 heterocycles. The Labute approximate surface area is 639 Å². The minimum Gasteiger partial charge on any atom is -0.445 e. The molecule has 1 aromatic carbocycles. The topological polar surface area (TPSA) is 383 Å². The summed E-state index contributed by atoms with van der Waals surface area (Å²) >= 11 is 0. The lowest BCUT2D eigenvalue weighted by Gasteiger charge is -2.47. The van der Waals surface area contributed by atoms with Gasteiger partial charge in [-0.15, -0.1) is 10.2 Å². The van der Waals surface area contributed by atoms with Crippen LogP contribution in [0, 0.1) is 23.2 Å². The number of alkyl carbamates (subject to hydrolysis) is 1. The number of benzene rings is 1. The molecule has 3 amide bonds. The van der Waals surface area contributed by atoms with Gasteiger partial charge in [0, 0.05) is 77.1 Å². The third-order valence-electron chi connectivity index (χ3n) is 22.1. The lowest BCUT2D eigenvalue weighted by atomic mass is 9.81. The highest BCUT2D eigenvalue weighted by molar-refractivity contribution is 7.92. The smallest absolute Gasteiger partial charge is 0.407 e. The first-order valence-corrected chi connectivity index (χ1v) is 39.9. The molecule has 34 heteroatoms. The van der Waals surface area contributed by atoms with Crippen LogP contribution in [0.25, 0.3) is 0 Å². The number of Topliss-reactive ketones (excluding diaryl/α,β-unsaturated/α-hetero) is 1. The Morgan fingerprint density at radius 1 is 0.736 bits per heavy atom. The van der Waals surface area contributed by atoms with Crippen LogP contribution in [0.4, 0.5) is 10.5 Å². The minimum atomic E-state index is -4.28. The summed E-state index contributed by atoms with van der Waals surface area (Å²) in [4.78, 5) is 71.7. The van der Waals surface area contributed by atoms with Gasteiger partial charge in [-0.05, 0) is 91.8 Å². The fourth-order valence-corrected chi connectivity index (χ4v) is 17.8. The summed E-state index contributed by atoms with van der Waals surface area (Å²) in [6.07, 6.45) is 3.14. The van der Waals surface area contributed by atoms with Crippen LogP contribution < -0.4 is 9.62 Å². The maximum absolute atomic E-state index is 14.6. The van der Waals surface area contributed by atoms with Crippen molar-refractivity contribution in [1.29, 1.82) is 5.26 Å². The number of pyridine rings is 1. The van der Waals surface area contributed by atoms with E-state index in [4.69, 9.17) is 80.6 Å². The maximum atomic E-state index is 14.6. The fourth-order valence-electron chi connectivity index (χ4n) is 16.5. The van der Waals surface area contributed by atoms with E-state index in [1.165, 1.54) is 18.3 Å². The molecular weight excluding hydrogens is 1460 g/mol. The summed E-state index contributed by atoms with van der Waals surface area (Å²) in [5, 5.41) is 32.1. The van der Waals surface area contributed by atoms with Gasteiger partial charge in [-0.3, -0.25) is 18.7 Å². The van der Waals surface area contributed by atoms with Gasteiger partial charge in [-0.25, -0.2) is 19.3 Å². The zero-order valence-corrected chi connectivity index (χ0v) is 63.2. The number of hydrogen-bond donors (Lipinski definition) is 2. The number of methoxy groups -OCH3 is 1. The highest BCUT2D eigenvalue weighted by Gasteiger charge is 2.69. The van der Waals surface area contributed by atoms with E-state index in [0.29, 0.717) is 74.8 Å². The van der Waals surface area contributed by atoms with Crippen molar-refractivity contribution in [3.05, 3.63) is 89.9 Å². The van der Waals surface area contributed by atoms with Crippen LogP contribution in [0.1, 0.15) is 126 Å². The van der Waals surface area contributed by atoms with Crippen molar-refractivity contribution in [2.45, 2.75) is 238 Å². The lowest BCUT2D eigenvalue weighted by Crippen LogP contribution is -2.61. The van der Waals surface area contributed by atoms with Crippen molar-refractivity contribution in [3.8, 4) is 6.07 Å². The van der Waals surface area contributed by atoms with E-state index in [9.17, 15) is 42.8 Å². The Hall–Kier alpha value is -6.86. The number of hydrogen-bond acceptors (Lipinski definition) is 29. The molecule has 11 aliphatic rings.